The lowest BCUT2D eigenvalue weighted by molar-refractivity contribution is -0.0765. The summed E-state index contributed by atoms with van der Waals surface area (Å²) in [6.07, 6.45) is 1.97. The highest BCUT2D eigenvalue weighted by Crippen LogP contribution is 2.47. The van der Waals surface area contributed by atoms with Gasteiger partial charge in [-0.05, 0) is 62.8 Å². The lowest BCUT2D eigenvalue weighted by Gasteiger charge is -2.45. The minimum atomic E-state index is -3.63. The van der Waals surface area contributed by atoms with Crippen molar-refractivity contribution in [1.82, 2.24) is 4.31 Å². The predicted molar refractivity (Wildman–Crippen MR) is 82.7 cm³/mol. The number of nitrogens with two attached hydrogens (primary N) is 1. The molecule has 1 heterocycles. The molecule has 1 aromatic rings. The molecule has 1 aromatic carbocycles. The number of hydrogen-bond acceptors (Lipinski definition) is 4. The maximum atomic E-state index is 12.6. The Labute approximate surface area is 134 Å². The number of β-amino-alcohol motifs (C(OH)–C–C–N with tert-alkyl or cyclic N) is 1. The van der Waals surface area contributed by atoms with Gasteiger partial charge in [-0.25, -0.2) is 8.42 Å². The van der Waals surface area contributed by atoms with Crippen LogP contribution in [0, 0.1) is 5.92 Å². The highest BCUT2D eigenvalue weighted by atomic mass is 79.9. The zero-order valence-corrected chi connectivity index (χ0v) is 14.5. The minimum absolute atomic E-state index is 0.157. The molecule has 0 bridgehead atoms. The van der Waals surface area contributed by atoms with Gasteiger partial charge in [0.15, 0.2) is 0 Å². The van der Waals surface area contributed by atoms with Crippen molar-refractivity contribution >= 4 is 47.6 Å². The molecular weight excluding hydrogens is 412 g/mol. The van der Waals surface area contributed by atoms with Crippen LogP contribution in [0.2, 0.25) is 0 Å². The SMILES string of the molecule is Nc1cc(Br)c(S(=O)(=O)N2CC(O)(C3CC3)C2)c(Br)c1. The van der Waals surface area contributed by atoms with Gasteiger partial charge in [0.1, 0.15) is 4.90 Å². The highest BCUT2D eigenvalue weighted by molar-refractivity contribution is 9.11. The Kier molecular flexibility index (Phi) is 3.45. The van der Waals surface area contributed by atoms with E-state index in [1.165, 1.54) is 4.31 Å². The summed E-state index contributed by atoms with van der Waals surface area (Å²) in [6.45, 7) is 0.340. The molecule has 0 atom stereocenters. The van der Waals surface area contributed by atoms with Crippen LogP contribution in [-0.4, -0.2) is 36.5 Å². The molecule has 0 aromatic heterocycles. The van der Waals surface area contributed by atoms with Crippen LogP contribution in [0.4, 0.5) is 5.69 Å². The second kappa shape index (κ2) is 4.67. The summed E-state index contributed by atoms with van der Waals surface area (Å²) in [4.78, 5) is 0.157. The predicted octanol–water partition coefficient (Wildman–Crippen LogP) is 1.94. The molecule has 5 nitrogen and oxygen atoms in total. The van der Waals surface area contributed by atoms with Crippen molar-refractivity contribution in [3.8, 4) is 0 Å². The van der Waals surface area contributed by atoms with Gasteiger partial charge >= 0.3 is 0 Å². The second-order valence-corrected chi connectivity index (χ2v) is 9.05. The molecule has 3 rings (SSSR count). The second-order valence-electron chi connectivity index (χ2n) is 5.46. The Morgan fingerprint density at radius 1 is 1.25 bits per heavy atom. The topological polar surface area (TPSA) is 83.6 Å². The van der Waals surface area contributed by atoms with Gasteiger partial charge in [-0.3, -0.25) is 0 Å². The molecule has 0 spiro atoms. The average Bonchev–Trinajstić information content (AvgIpc) is 3.06. The first kappa shape index (κ1) is 14.8. The number of anilines is 1. The number of aliphatic hydroxyl groups is 1. The largest absolute Gasteiger partial charge is 0.399 e. The quantitative estimate of drug-likeness (QED) is 0.724. The standard InChI is InChI=1S/C12H14Br2N2O3S/c13-9-3-8(15)4-10(14)11(9)20(18,19)16-5-12(17,6-16)7-1-2-7/h3-4,7,17H,1-2,5-6,15H2. The zero-order chi connectivity index (χ0) is 14.7. The van der Waals surface area contributed by atoms with Crippen molar-refractivity contribution < 1.29 is 13.5 Å². The summed E-state index contributed by atoms with van der Waals surface area (Å²) < 4.78 is 27.4. The third kappa shape index (κ3) is 2.31. The number of hydrogen-bond donors (Lipinski definition) is 2. The molecule has 110 valence electrons. The van der Waals surface area contributed by atoms with Gasteiger partial charge in [0.05, 0.1) is 5.60 Å². The Bertz CT molecular complexity index is 644. The number of nitrogen functional groups attached to an aromatic ring is 1. The summed E-state index contributed by atoms with van der Waals surface area (Å²) in [5, 5.41) is 10.3. The number of sulfonamides is 1. The van der Waals surface area contributed by atoms with Crippen molar-refractivity contribution in [3.63, 3.8) is 0 Å². The Hall–Kier alpha value is -0.150. The molecular formula is C12H14Br2N2O3S. The summed E-state index contributed by atoms with van der Waals surface area (Å²) in [7, 11) is -3.63. The molecule has 1 saturated heterocycles. The lowest BCUT2D eigenvalue weighted by atomic mass is 9.91. The maximum absolute atomic E-state index is 12.6. The normalized spacial score (nSPS) is 22.6. The van der Waals surface area contributed by atoms with E-state index in [4.69, 9.17) is 5.73 Å². The monoisotopic (exact) mass is 424 g/mol. The summed E-state index contributed by atoms with van der Waals surface area (Å²) in [5.74, 6) is 0.257. The van der Waals surface area contributed by atoms with Crippen LogP contribution < -0.4 is 5.73 Å². The van der Waals surface area contributed by atoms with Crippen LogP contribution in [0.15, 0.2) is 26.0 Å². The molecule has 1 saturated carbocycles. The Morgan fingerprint density at radius 2 is 1.75 bits per heavy atom. The smallest absolute Gasteiger partial charge is 0.245 e. The Balaban J connectivity index is 1.90. The molecule has 0 unspecified atom stereocenters. The van der Waals surface area contributed by atoms with Gasteiger partial charge in [0, 0.05) is 27.7 Å². The van der Waals surface area contributed by atoms with Gasteiger partial charge in [-0.1, -0.05) is 0 Å². The van der Waals surface area contributed by atoms with Crippen LogP contribution >= 0.6 is 31.9 Å². The molecule has 2 aliphatic rings. The summed E-state index contributed by atoms with van der Waals surface area (Å²) >= 11 is 6.49. The molecule has 2 fully saturated rings. The third-order valence-electron chi connectivity index (χ3n) is 3.86. The molecule has 3 N–H and O–H groups in total. The van der Waals surface area contributed by atoms with Crippen LogP contribution in [0.3, 0.4) is 0 Å². The number of benzene rings is 1. The fraction of sp³-hybridized carbons (Fsp3) is 0.500. The summed E-state index contributed by atoms with van der Waals surface area (Å²) in [6, 6.07) is 3.12. The van der Waals surface area contributed by atoms with Crippen molar-refractivity contribution in [1.29, 1.82) is 0 Å². The van der Waals surface area contributed by atoms with Gasteiger partial charge < -0.3 is 10.8 Å². The van der Waals surface area contributed by atoms with Crippen LogP contribution in [0.25, 0.3) is 0 Å². The molecule has 0 radical (unpaired) electrons. The van der Waals surface area contributed by atoms with E-state index in [1.54, 1.807) is 12.1 Å². The highest BCUT2D eigenvalue weighted by Gasteiger charge is 2.55. The number of halogens is 2. The molecule has 1 aliphatic carbocycles. The third-order valence-corrected chi connectivity index (χ3v) is 7.53. The van der Waals surface area contributed by atoms with Crippen molar-refractivity contribution in [2.75, 3.05) is 18.8 Å². The van der Waals surface area contributed by atoms with Crippen LogP contribution in [0.5, 0.6) is 0 Å². The van der Waals surface area contributed by atoms with E-state index < -0.39 is 15.6 Å². The fourth-order valence-corrected chi connectivity index (χ4v) is 6.67. The van der Waals surface area contributed by atoms with Crippen molar-refractivity contribution in [3.05, 3.63) is 21.1 Å². The van der Waals surface area contributed by atoms with Gasteiger partial charge in [0.2, 0.25) is 10.0 Å². The van der Waals surface area contributed by atoms with Gasteiger partial charge in [-0.2, -0.15) is 4.31 Å². The van der Waals surface area contributed by atoms with Gasteiger partial charge in [0.25, 0.3) is 0 Å². The fourth-order valence-electron chi connectivity index (χ4n) is 2.57. The van der Waals surface area contributed by atoms with Crippen molar-refractivity contribution in [2.24, 2.45) is 5.92 Å². The van der Waals surface area contributed by atoms with E-state index >= 15 is 0 Å². The van der Waals surface area contributed by atoms with Crippen LogP contribution in [0.1, 0.15) is 12.8 Å². The average molecular weight is 426 g/mol. The van der Waals surface area contributed by atoms with Crippen LogP contribution in [-0.2, 0) is 10.0 Å². The van der Waals surface area contributed by atoms with E-state index in [-0.39, 0.29) is 23.9 Å². The molecule has 8 heteroatoms. The zero-order valence-electron chi connectivity index (χ0n) is 10.5. The number of nitrogens with zero attached hydrogens (tertiary/aromatic N) is 1. The maximum Gasteiger partial charge on any atom is 0.245 e. The van der Waals surface area contributed by atoms with E-state index in [2.05, 4.69) is 31.9 Å². The van der Waals surface area contributed by atoms with E-state index in [1.807, 2.05) is 0 Å². The first-order valence-corrected chi connectivity index (χ1v) is 9.24. The van der Waals surface area contributed by atoms with E-state index in [0.717, 1.165) is 12.8 Å². The van der Waals surface area contributed by atoms with E-state index in [0.29, 0.717) is 14.6 Å². The van der Waals surface area contributed by atoms with E-state index in [9.17, 15) is 13.5 Å². The summed E-state index contributed by atoms with van der Waals surface area (Å²) in [5.41, 5.74) is 5.32. The van der Waals surface area contributed by atoms with Gasteiger partial charge in [-0.15, -0.1) is 0 Å². The first-order valence-electron chi connectivity index (χ1n) is 6.21. The van der Waals surface area contributed by atoms with Crippen molar-refractivity contribution in [2.45, 2.75) is 23.3 Å². The first-order chi connectivity index (χ1) is 9.24. The molecule has 0 amide bonds. The lowest BCUT2D eigenvalue weighted by Crippen LogP contribution is -2.64. The Morgan fingerprint density at radius 3 is 2.20 bits per heavy atom. The molecule has 1 aliphatic heterocycles. The molecule has 20 heavy (non-hydrogen) atoms. The number of rotatable bonds is 3. The minimum Gasteiger partial charge on any atom is -0.399 e.